The van der Waals surface area contributed by atoms with Crippen molar-refractivity contribution in [3.05, 3.63) is 35.4 Å². The number of unbranched alkanes of at least 4 members (excludes halogenated alkanes) is 3. The average Bonchev–Trinajstić information content (AvgIpc) is 2.35. The Kier molecular flexibility index (Phi) is 6.33. The van der Waals surface area contributed by atoms with Crippen molar-refractivity contribution in [2.75, 3.05) is 6.73 Å². The van der Waals surface area contributed by atoms with Gasteiger partial charge in [-0.1, -0.05) is 38.3 Å². The van der Waals surface area contributed by atoms with Gasteiger partial charge in [-0.25, -0.2) is 0 Å². The topological polar surface area (TPSA) is 49.3 Å². The standard InChI is InChI=1S/C14H21NO2/c1-2-3-4-5-7-12-8-6-9-13(10-12)14(17)15-11-16/h6,8-10,16H,2-5,7,11H2,1H3,(H,15,17). The van der Waals surface area contributed by atoms with E-state index < -0.39 is 0 Å². The van der Waals surface area contributed by atoms with Gasteiger partial charge in [0.25, 0.3) is 5.91 Å². The summed E-state index contributed by atoms with van der Waals surface area (Å²) in [5.41, 5.74) is 1.80. The molecule has 17 heavy (non-hydrogen) atoms. The number of aryl methyl sites for hydroxylation is 1. The molecular formula is C14H21NO2. The van der Waals surface area contributed by atoms with Crippen LogP contribution in [0.3, 0.4) is 0 Å². The molecule has 1 aromatic carbocycles. The molecule has 3 heteroatoms. The van der Waals surface area contributed by atoms with E-state index in [4.69, 9.17) is 5.11 Å². The first-order valence-corrected chi connectivity index (χ1v) is 6.26. The van der Waals surface area contributed by atoms with E-state index in [1.807, 2.05) is 18.2 Å². The zero-order valence-electron chi connectivity index (χ0n) is 10.4. The maximum absolute atomic E-state index is 11.5. The largest absolute Gasteiger partial charge is 0.376 e. The highest BCUT2D eigenvalue weighted by atomic mass is 16.3. The number of aliphatic hydroxyl groups is 1. The summed E-state index contributed by atoms with van der Waals surface area (Å²) in [5.74, 6) is -0.220. The fourth-order valence-electron chi connectivity index (χ4n) is 1.80. The molecule has 0 aliphatic rings. The van der Waals surface area contributed by atoms with Gasteiger partial charge in [0.1, 0.15) is 6.73 Å². The molecule has 0 spiro atoms. The molecule has 0 unspecified atom stereocenters. The van der Waals surface area contributed by atoms with E-state index in [-0.39, 0.29) is 12.6 Å². The summed E-state index contributed by atoms with van der Waals surface area (Å²) in [6, 6.07) is 7.60. The molecule has 0 atom stereocenters. The average molecular weight is 235 g/mol. The molecule has 0 aliphatic carbocycles. The maximum Gasteiger partial charge on any atom is 0.253 e. The predicted octanol–water partition coefficient (Wildman–Crippen LogP) is 2.49. The fraction of sp³-hybridized carbons (Fsp3) is 0.500. The van der Waals surface area contributed by atoms with Crippen LogP contribution in [0.2, 0.25) is 0 Å². The number of nitrogens with one attached hydrogen (secondary N) is 1. The van der Waals surface area contributed by atoms with E-state index in [9.17, 15) is 4.79 Å². The number of rotatable bonds is 7. The van der Waals surface area contributed by atoms with Gasteiger partial charge in [-0.2, -0.15) is 0 Å². The van der Waals surface area contributed by atoms with Gasteiger partial charge in [0.2, 0.25) is 0 Å². The highest BCUT2D eigenvalue weighted by Crippen LogP contribution is 2.10. The van der Waals surface area contributed by atoms with Crippen molar-refractivity contribution in [1.29, 1.82) is 0 Å². The zero-order valence-corrected chi connectivity index (χ0v) is 10.4. The van der Waals surface area contributed by atoms with Gasteiger partial charge in [0, 0.05) is 5.56 Å². The van der Waals surface area contributed by atoms with Gasteiger partial charge >= 0.3 is 0 Å². The molecule has 94 valence electrons. The van der Waals surface area contributed by atoms with Crippen LogP contribution in [0.1, 0.15) is 48.5 Å². The van der Waals surface area contributed by atoms with Crippen molar-refractivity contribution in [2.45, 2.75) is 39.0 Å². The summed E-state index contributed by atoms with van der Waals surface area (Å²) in [6.45, 7) is 1.87. The molecule has 0 aromatic heterocycles. The summed E-state index contributed by atoms with van der Waals surface area (Å²) in [4.78, 5) is 11.5. The van der Waals surface area contributed by atoms with E-state index in [1.165, 1.54) is 31.2 Å². The summed E-state index contributed by atoms with van der Waals surface area (Å²) >= 11 is 0. The highest BCUT2D eigenvalue weighted by molar-refractivity contribution is 5.94. The first-order chi connectivity index (χ1) is 8.27. The summed E-state index contributed by atoms with van der Waals surface area (Å²) in [7, 11) is 0. The van der Waals surface area contributed by atoms with Gasteiger partial charge < -0.3 is 10.4 Å². The van der Waals surface area contributed by atoms with Crippen LogP contribution < -0.4 is 5.32 Å². The number of aliphatic hydroxyl groups excluding tert-OH is 1. The molecule has 2 N–H and O–H groups in total. The van der Waals surface area contributed by atoms with Gasteiger partial charge in [-0.15, -0.1) is 0 Å². The van der Waals surface area contributed by atoms with Gasteiger partial charge in [0.15, 0.2) is 0 Å². The van der Waals surface area contributed by atoms with E-state index in [0.717, 1.165) is 6.42 Å². The van der Waals surface area contributed by atoms with E-state index in [0.29, 0.717) is 5.56 Å². The Morgan fingerprint density at radius 1 is 1.29 bits per heavy atom. The van der Waals surface area contributed by atoms with Crippen molar-refractivity contribution in [3.8, 4) is 0 Å². The second-order valence-electron chi connectivity index (χ2n) is 4.18. The quantitative estimate of drug-likeness (QED) is 0.563. The summed E-state index contributed by atoms with van der Waals surface area (Å²) in [5, 5.41) is 11.0. The Hall–Kier alpha value is -1.35. The van der Waals surface area contributed by atoms with Crippen molar-refractivity contribution in [3.63, 3.8) is 0 Å². The molecule has 0 saturated heterocycles. The minimum Gasteiger partial charge on any atom is -0.376 e. The van der Waals surface area contributed by atoms with Crippen LogP contribution in [-0.2, 0) is 6.42 Å². The van der Waals surface area contributed by atoms with Crippen molar-refractivity contribution >= 4 is 5.91 Å². The van der Waals surface area contributed by atoms with Crippen LogP contribution in [-0.4, -0.2) is 17.7 Å². The minimum absolute atomic E-state index is 0.220. The van der Waals surface area contributed by atoms with Crippen LogP contribution in [0, 0.1) is 0 Å². The fourth-order valence-corrected chi connectivity index (χ4v) is 1.80. The molecule has 0 bridgehead atoms. The molecule has 3 nitrogen and oxygen atoms in total. The number of hydrogen-bond acceptors (Lipinski definition) is 2. The van der Waals surface area contributed by atoms with Gasteiger partial charge in [0.05, 0.1) is 0 Å². The number of carbonyl (C=O) groups is 1. The Bertz CT molecular complexity index is 350. The lowest BCUT2D eigenvalue weighted by atomic mass is 10.0. The first-order valence-electron chi connectivity index (χ1n) is 6.26. The monoisotopic (exact) mass is 235 g/mol. The third-order valence-corrected chi connectivity index (χ3v) is 2.75. The van der Waals surface area contributed by atoms with E-state index in [1.54, 1.807) is 6.07 Å². The van der Waals surface area contributed by atoms with Crippen LogP contribution >= 0.6 is 0 Å². The molecule has 1 aromatic rings. The Morgan fingerprint density at radius 3 is 2.82 bits per heavy atom. The van der Waals surface area contributed by atoms with Crippen molar-refractivity contribution < 1.29 is 9.90 Å². The highest BCUT2D eigenvalue weighted by Gasteiger charge is 2.04. The van der Waals surface area contributed by atoms with Crippen LogP contribution in [0.4, 0.5) is 0 Å². The maximum atomic E-state index is 11.5. The van der Waals surface area contributed by atoms with Crippen molar-refractivity contribution in [1.82, 2.24) is 5.32 Å². The molecule has 1 rings (SSSR count). The number of hydrogen-bond donors (Lipinski definition) is 2. The predicted molar refractivity (Wildman–Crippen MR) is 68.8 cm³/mol. The third kappa shape index (κ3) is 5.00. The third-order valence-electron chi connectivity index (χ3n) is 2.75. The van der Waals surface area contributed by atoms with Crippen LogP contribution in [0.25, 0.3) is 0 Å². The Morgan fingerprint density at radius 2 is 2.12 bits per heavy atom. The molecule has 0 radical (unpaired) electrons. The lowest BCUT2D eigenvalue weighted by molar-refractivity contribution is 0.0910. The minimum atomic E-state index is -0.320. The van der Waals surface area contributed by atoms with Crippen molar-refractivity contribution in [2.24, 2.45) is 0 Å². The molecular weight excluding hydrogens is 214 g/mol. The number of benzene rings is 1. The van der Waals surface area contributed by atoms with Crippen LogP contribution in [0.15, 0.2) is 24.3 Å². The first kappa shape index (κ1) is 13.7. The lowest BCUT2D eigenvalue weighted by Crippen LogP contribution is -2.24. The second-order valence-corrected chi connectivity index (χ2v) is 4.18. The molecule has 0 aliphatic heterocycles. The number of amides is 1. The Balaban J connectivity index is 2.50. The smallest absolute Gasteiger partial charge is 0.253 e. The van der Waals surface area contributed by atoms with Gasteiger partial charge in [-0.3, -0.25) is 4.79 Å². The van der Waals surface area contributed by atoms with Gasteiger partial charge in [-0.05, 0) is 30.5 Å². The molecule has 0 fully saturated rings. The van der Waals surface area contributed by atoms with E-state index >= 15 is 0 Å². The van der Waals surface area contributed by atoms with Crippen LogP contribution in [0.5, 0.6) is 0 Å². The normalized spacial score (nSPS) is 10.2. The zero-order chi connectivity index (χ0) is 12.5. The Labute approximate surface area is 103 Å². The molecule has 0 heterocycles. The second kappa shape index (κ2) is 7.85. The SMILES string of the molecule is CCCCCCc1cccc(C(=O)NCO)c1. The molecule has 1 amide bonds. The molecule has 0 saturated carbocycles. The van der Waals surface area contributed by atoms with E-state index in [2.05, 4.69) is 12.2 Å². The summed E-state index contributed by atoms with van der Waals surface area (Å²) in [6.07, 6.45) is 5.92. The summed E-state index contributed by atoms with van der Waals surface area (Å²) < 4.78 is 0. The number of carbonyl (C=O) groups excluding carboxylic acids is 1. The lowest BCUT2D eigenvalue weighted by Gasteiger charge is -2.05.